The van der Waals surface area contributed by atoms with Gasteiger partial charge >= 0.3 is 5.97 Å². The van der Waals surface area contributed by atoms with E-state index in [1.54, 1.807) is 12.5 Å². The van der Waals surface area contributed by atoms with Crippen LogP contribution in [0.1, 0.15) is 25.0 Å². The summed E-state index contributed by atoms with van der Waals surface area (Å²) in [6, 6.07) is -0.838. The number of carbonyl (C=O) groups excluding carboxylic acids is 1. The minimum absolute atomic E-state index is 0.211. The summed E-state index contributed by atoms with van der Waals surface area (Å²) in [5.74, 6) is -1.55. The van der Waals surface area contributed by atoms with E-state index in [4.69, 9.17) is 5.11 Å². The van der Waals surface area contributed by atoms with E-state index in [9.17, 15) is 9.59 Å². The Morgan fingerprint density at radius 1 is 1.75 bits per heavy atom. The van der Waals surface area contributed by atoms with Gasteiger partial charge in [-0.1, -0.05) is 0 Å². The van der Waals surface area contributed by atoms with Crippen molar-refractivity contribution in [3.05, 3.63) is 18.2 Å². The van der Waals surface area contributed by atoms with Gasteiger partial charge < -0.3 is 15.0 Å². The van der Waals surface area contributed by atoms with Crippen LogP contribution in [0, 0.1) is 0 Å². The molecule has 2 rings (SSSR count). The molecule has 0 aromatic carbocycles. The van der Waals surface area contributed by atoms with Gasteiger partial charge in [0.05, 0.1) is 6.33 Å². The molecule has 0 saturated carbocycles. The Balaban J connectivity index is 2.32. The lowest BCUT2D eigenvalue weighted by atomic mass is 9.97. The molecule has 1 saturated heterocycles. The van der Waals surface area contributed by atoms with Gasteiger partial charge in [0.2, 0.25) is 5.91 Å². The average Bonchev–Trinajstić information content (AvgIpc) is 2.82. The molecule has 1 aliphatic rings. The van der Waals surface area contributed by atoms with Gasteiger partial charge in [0.25, 0.3) is 0 Å². The number of carboxylic acid groups (broad SMARTS) is 1. The van der Waals surface area contributed by atoms with Gasteiger partial charge in [-0.2, -0.15) is 0 Å². The van der Waals surface area contributed by atoms with E-state index in [1.807, 2.05) is 11.5 Å². The third-order valence-corrected chi connectivity index (χ3v) is 2.86. The lowest BCUT2D eigenvalue weighted by molar-refractivity contribution is -0.140. The molecule has 1 aromatic heterocycles. The van der Waals surface area contributed by atoms with Gasteiger partial charge in [-0.3, -0.25) is 4.79 Å². The summed E-state index contributed by atoms with van der Waals surface area (Å²) in [5, 5.41) is 11.5. The Kier molecular flexibility index (Phi) is 2.64. The van der Waals surface area contributed by atoms with Gasteiger partial charge in [-0.05, 0) is 6.92 Å². The number of aliphatic carboxylic acids is 1. The normalized spacial score (nSPS) is 24.4. The number of nitrogens with zero attached hydrogens (tertiary/aromatic N) is 2. The second-order valence-corrected chi connectivity index (χ2v) is 3.80. The van der Waals surface area contributed by atoms with Crippen LogP contribution < -0.4 is 5.32 Å². The van der Waals surface area contributed by atoms with Crippen molar-refractivity contribution in [2.75, 3.05) is 0 Å². The minimum atomic E-state index is -1.00. The molecule has 0 aliphatic carbocycles. The number of nitrogens with one attached hydrogen (secondary N) is 1. The van der Waals surface area contributed by atoms with Gasteiger partial charge in [0.1, 0.15) is 6.04 Å². The maximum atomic E-state index is 11.3. The molecule has 6 heteroatoms. The topological polar surface area (TPSA) is 84.2 Å². The summed E-state index contributed by atoms with van der Waals surface area (Å²) in [4.78, 5) is 26.3. The molecule has 2 atom stereocenters. The predicted molar refractivity (Wildman–Crippen MR) is 54.8 cm³/mol. The number of aryl methyl sites for hydroxylation is 1. The number of amides is 1. The fourth-order valence-corrected chi connectivity index (χ4v) is 2.06. The quantitative estimate of drug-likeness (QED) is 0.753. The maximum absolute atomic E-state index is 11.3. The first-order chi connectivity index (χ1) is 7.63. The van der Waals surface area contributed by atoms with Gasteiger partial charge in [-0.25, -0.2) is 9.78 Å². The molecule has 2 heterocycles. The Morgan fingerprint density at radius 2 is 2.50 bits per heavy atom. The van der Waals surface area contributed by atoms with Crippen molar-refractivity contribution in [2.24, 2.45) is 0 Å². The first-order valence-corrected chi connectivity index (χ1v) is 5.15. The largest absolute Gasteiger partial charge is 0.480 e. The van der Waals surface area contributed by atoms with Crippen molar-refractivity contribution in [3.8, 4) is 0 Å². The summed E-state index contributed by atoms with van der Waals surface area (Å²) in [6.45, 7) is 2.66. The van der Waals surface area contributed by atoms with Crippen LogP contribution in [0.5, 0.6) is 0 Å². The number of hydrogen-bond donors (Lipinski definition) is 2. The van der Waals surface area contributed by atoms with E-state index < -0.39 is 12.0 Å². The number of aromatic nitrogens is 2. The van der Waals surface area contributed by atoms with Crippen LogP contribution in [0.4, 0.5) is 0 Å². The molecule has 1 amide bonds. The summed E-state index contributed by atoms with van der Waals surface area (Å²) in [7, 11) is 0. The van der Waals surface area contributed by atoms with Crippen molar-refractivity contribution in [1.82, 2.24) is 14.9 Å². The SMILES string of the molecule is CCn1cncc1C1CC(=O)NC1C(=O)O. The van der Waals surface area contributed by atoms with Crippen molar-refractivity contribution in [1.29, 1.82) is 0 Å². The van der Waals surface area contributed by atoms with Gasteiger partial charge in [-0.15, -0.1) is 0 Å². The molecule has 2 N–H and O–H groups in total. The lowest BCUT2D eigenvalue weighted by Crippen LogP contribution is -2.36. The van der Waals surface area contributed by atoms with E-state index >= 15 is 0 Å². The summed E-state index contributed by atoms with van der Waals surface area (Å²) in [5.41, 5.74) is 0.799. The minimum Gasteiger partial charge on any atom is -0.480 e. The molecule has 0 spiro atoms. The van der Waals surface area contributed by atoms with Crippen LogP contribution in [0.3, 0.4) is 0 Å². The number of imidazole rings is 1. The number of carboxylic acids is 1. The Hall–Kier alpha value is -1.85. The second-order valence-electron chi connectivity index (χ2n) is 3.80. The smallest absolute Gasteiger partial charge is 0.326 e. The highest BCUT2D eigenvalue weighted by Crippen LogP contribution is 2.28. The van der Waals surface area contributed by atoms with Crippen molar-refractivity contribution < 1.29 is 14.7 Å². The number of hydrogen-bond acceptors (Lipinski definition) is 3. The van der Waals surface area contributed by atoms with Crippen LogP contribution in [0.15, 0.2) is 12.5 Å². The first-order valence-electron chi connectivity index (χ1n) is 5.15. The first kappa shape index (κ1) is 10.7. The monoisotopic (exact) mass is 223 g/mol. The van der Waals surface area contributed by atoms with Crippen molar-refractivity contribution >= 4 is 11.9 Å². The van der Waals surface area contributed by atoms with E-state index in [0.29, 0.717) is 6.54 Å². The van der Waals surface area contributed by atoms with E-state index in [-0.39, 0.29) is 18.2 Å². The highest BCUT2D eigenvalue weighted by Gasteiger charge is 2.39. The van der Waals surface area contributed by atoms with Crippen LogP contribution in [0.2, 0.25) is 0 Å². The molecule has 86 valence electrons. The van der Waals surface area contributed by atoms with E-state index in [1.165, 1.54) is 0 Å². The van der Waals surface area contributed by atoms with Crippen molar-refractivity contribution in [3.63, 3.8) is 0 Å². The molecule has 0 radical (unpaired) electrons. The van der Waals surface area contributed by atoms with Crippen LogP contribution in [0.25, 0.3) is 0 Å². The molecule has 2 unspecified atom stereocenters. The molecule has 1 aliphatic heterocycles. The van der Waals surface area contributed by atoms with Crippen molar-refractivity contribution in [2.45, 2.75) is 31.8 Å². The third kappa shape index (κ3) is 1.66. The highest BCUT2D eigenvalue weighted by molar-refractivity contribution is 5.89. The maximum Gasteiger partial charge on any atom is 0.326 e. The van der Waals surface area contributed by atoms with E-state index in [2.05, 4.69) is 10.3 Å². The summed E-state index contributed by atoms with van der Waals surface area (Å²) < 4.78 is 1.86. The molecule has 6 nitrogen and oxygen atoms in total. The molecule has 1 fully saturated rings. The zero-order valence-corrected chi connectivity index (χ0v) is 8.88. The fourth-order valence-electron chi connectivity index (χ4n) is 2.06. The molecule has 1 aromatic rings. The Labute approximate surface area is 92.3 Å². The van der Waals surface area contributed by atoms with Gasteiger partial charge in [0.15, 0.2) is 0 Å². The highest BCUT2D eigenvalue weighted by atomic mass is 16.4. The predicted octanol–water partition coefficient (Wildman–Crippen LogP) is -0.0403. The molecular formula is C10H13N3O3. The standard InChI is InChI=1S/C10H13N3O3/c1-2-13-5-11-4-7(13)6-3-8(14)12-9(6)10(15)16/h4-6,9H,2-3H2,1H3,(H,12,14)(H,15,16). The molecular weight excluding hydrogens is 210 g/mol. The van der Waals surface area contributed by atoms with Crippen LogP contribution in [-0.4, -0.2) is 32.6 Å². The second kappa shape index (κ2) is 3.96. The summed E-state index contributed by atoms with van der Waals surface area (Å²) in [6.07, 6.45) is 3.49. The zero-order valence-electron chi connectivity index (χ0n) is 8.88. The molecule has 0 bridgehead atoms. The third-order valence-electron chi connectivity index (χ3n) is 2.86. The summed E-state index contributed by atoms with van der Waals surface area (Å²) >= 11 is 0. The number of rotatable bonds is 3. The average molecular weight is 223 g/mol. The van der Waals surface area contributed by atoms with E-state index in [0.717, 1.165) is 5.69 Å². The van der Waals surface area contributed by atoms with Crippen LogP contribution >= 0.6 is 0 Å². The Morgan fingerprint density at radius 3 is 3.12 bits per heavy atom. The Bertz CT molecular complexity index is 427. The lowest BCUT2D eigenvalue weighted by Gasteiger charge is -2.15. The fraction of sp³-hybridized carbons (Fsp3) is 0.500. The van der Waals surface area contributed by atoms with Gasteiger partial charge in [0, 0.05) is 30.8 Å². The van der Waals surface area contributed by atoms with Crippen LogP contribution in [-0.2, 0) is 16.1 Å². The number of carbonyl (C=O) groups is 2. The molecule has 16 heavy (non-hydrogen) atoms. The zero-order chi connectivity index (χ0) is 11.7.